The fourth-order valence-corrected chi connectivity index (χ4v) is 4.27. The number of hydrogen-bond acceptors (Lipinski definition) is 2. The van der Waals surface area contributed by atoms with Crippen molar-refractivity contribution in [3.63, 3.8) is 0 Å². The molecular weight excluding hydrogens is 398 g/mol. The van der Waals surface area contributed by atoms with Crippen LogP contribution in [0.5, 0.6) is 0 Å². The fraction of sp³-hybridized carbons (Fsp3) is 0.333. The summed E-state index contributed by atoms with van der Waals surface area (Å²) in [5.74, 6) is -0.0219. The molecule has 1 aromatic heterocycles. The number of H-pyrrole nitrogens is 1. The van der Waals surface area contributed by atoms with Gasteiger partial charge in [0.2, 0.25) is 11.8 Å². The zero-order chi connectivity index (χ0) is 23.0. The van der Waals surface area contributed by atoms with Crippen LogP contribution in [-0.4, -0.2) is 34.8 Å². The van der Waals surface area contributed by atoms with Gasteiger partial charge in [0.1, 0.15) is 0 Å². The van der Waals surface area contributed by atoms with E-state index in [-0.39, 0.29) is 17.2 Å². The first-order chi connectivity index (χ1) is 15.2. The molecule has 3 aromatic rings. The zero-order valence-electron chi connectivity index (χ0n) is 19.5. The molecular formula is C27H31N3O2. The summed E-state index contributed by atoms with van der Waals surface area (Å²) in [6.45, 7) is 11.9. The highest BCUT2D eigenvalue weighted by atomic mass is 16.2. The summed E-state index contributed by atoms with van der Waals surface area (Å²) in [6.07, 6.45) is 3.78. The van der Waals surface area contributed by atoms with Crippen LogP contribution >= 0.6 is 0 Å². The SMILES string of the molecule is CCN(CC)C(=O)/C=C/c1ccc2c(c1)-c1[nH]c3ccc(C(C)(C)C)cc3c1CC(=O)N2. The summed E-state index contributed by atoms with van der Waals surface area (Å²) in [5.41, 5.74) is 6.91. The number of likely N-dealkylation sites (N-methyl/N-ethyl adjacent to an activating group) is 1. The van der Waals surface area contributed by atoms with E-state index in [0.29, 0.717) is 19.5 Å². The Labute approximate surface area is 189 Å². The normalized spacial score (nSPS) is 13.6. The Kier molecular flexibility index (Phi) is 5.68. The Hall–Kier alpha value is -3.34. The van der Waals surface area contributed by atoms with Crippen LogP contribution in [0, 0.1) is 0 Å². The van der Waals surface area contributed by atoms with Gasteiger partial charge in [0.15, 0.2) is 0 Å². The number of nitrogens with zero attached hydrogens (tertiary/aromatic N) is 1. The Morgan fingerprint density at radius 3 is 2.53 bits per heavy atom. The molecule has 0 saturated carbocycles. The maximum absolute atomic E-state index is 12.7. The first-order valence-corrected chi connectivity index (χ1v) is 11.3. The Morgan fingerprint density at radius 1 is 1.09 bits per heavy atom. The van der Waals surface area contributed by atoms with Crippen molar-refractivity contribution in [1.82, 2.24) is 9.88 Å². The molecule has 2 N–H and O–H groups in total. The number of carbonyl (C=O) groups excluding carboxylic acids is 2. The lowest BCUT2D eigenvalue weighted by molar-refractivity contribution is -0.125. The first-order valence-electron chi connectivity index (χ1n) is 11.3. The predicted molar refractivity (Wildman–Crippen MR) is 132 cm³/mol. The van der Waals surface area contributed by atoms with Gasteiger partial charge in [0.25, 0.3) is 0 Å². The van der Waals surface area contributed by atoms with Gasteiger partial charge in [0, 0.05) is 35.6 Å². The quantitative estimate of drug-likeness (QED) is 0.537. The number of amides is 2. The number of anilines is 1. The van der Waals surface area contributed by atoms with Crippen LogP contribution in [-0.2, 0) is 21.4 Å². The molecule has 0 radical (unpaired) electrons. The van der Waals surface area contributed by atoms with Gasteiger partial charge >= 0.3 is 0 Å². The minimum Gasteiger partial charge on any atom is -0.354 e. The summed E-state index contributed by atoms with van der Waals surface area (Å²) < 4.78 is 0. The Bertz CT molecular complexity index is 1220. The molecule has 0 fully saturated rings. The van der Waals surface area contributed by atoms with Gasteiger partial charge in [-0.1, -0.05) is 32.9 Å². The molecule has 2 heterocycles. The second-order valence-corrected chi connectivity index (χ2v) is 9.36. The van der Waals surface area contributed by atoms with E-state index in [2.05, 4.69) is 49.3 Å². The molecule has 166 valence electrons. The fourth-order valence-electron chi connectivity index (χ4n) is 4.27. The lowest BCUT2D eigenvalue weighted by Crippen LogP contribution is -2.28. The minimum absolute atomic E-state index is 0.000688. The summed E-state index contributed by atoms with van der Waals surface area (Å²) in [6, 6.07) is 12.3. The van der Waals surface area contributed by atoms with Crippen molar-refractivity contribution in [2.45, 2.75) is 46.5 Å². The van der Waals surface area contributed by atoms with Gasteiger partial charge in [-0.05, 0) is 66.3 Å². The molecule has 4 rings (SSSR count). The molecule has 32 heavy (non-hydrogen) atoms. The molecule has 2 aromatic carbocycles. The molecule has 0 unspecified atom stereocenters. The third-order valence-corrected chi connectivity index (χ3v) is 6.19. The first kappa shape index (κ1) is 21.9. The van der Waals surface area contributed by atoms with Crippen molar-refractivity contribution in [3.8, 4) is 11.3 Å². The van der Waals surface area contributed by atoms with Crippen molar-refractivity contribution in [2.75, 3.05) is 18.4 Å². The van der Waals surface area contributed by atoms with Crippen molar-refractivity contribution in [2.24, 2.45) is 0 Å². The smallest absolute Gasteiger partial charge is 0.246 e. The van der Waals surface area contributed by atoms with Gasteiger partial charge in [-0.3, -0.25) is 9.59 Å². The summed E-state index contributed by atoms with van der Waals surface area (Å²) in [4.78, 5) is 30.4. The minimum atomic E-state index is -0.0212. The largest absolute Gasteiger partial charge is 0.354 e. The Balaban J connectivity index is 1.81. The zero-order valence-corrected chi connectivity index (χ0v) is 19.5. The van der Waals surface area contributed by atoms with E-state index in [1.54, 1.807) is 11.0 Å². The average molecular weight is 430 g/mol. The van der Waals surface area contributed by atoms with E-state index in [4.69, 9.17) is 0 Å². The second-order valence-electron chi connectivity index (χ2n) is 9.36. The van der Waals surface area contributed by atoms with Crippen LogP contribution in [0.3, 0.4) is 0 Å². The van der Waals surface area contributed by atoms with Crippen LogP contribution in [0.15, 0.2) is 42.5 Å². The van der Waals surface area contributed by atoms with Crippen LogP contribution in [0.4, 0.5) is 5.69 Å². The van der Waals surface area contributed by atoms with Crippen LogP contribution < -0.4 is 5.32 Å². The van der Waals surface area contributed by atoms with Crippen molar-refractivity contribution < 1.29 is 9.59 Å². The van der Waals surface area contributed by atoms with Gasteiger partial charge in [-0.25, -0.2) is 0 Å². The number of rotatable bonds is 4. The van der Waals surface area contributed by atoms with Crippen LogP contribution in [0.2, 0.25) is 0 Å². The summed E-state index contributed by atoms with van der Waals surface area (Å²) >= 11 is 0. The molecule has 0 atom stereocenters. The average Bonchev–Trinajstić information content (AvgIpc) is 3.03. The van der Waals surface area contributed by atoms with Crippen LogP contribution in [0.25, 0.3) is 28.2 Å². The third-order valence-electron chi connectivity index (χ3n) is 6.19. The molecule has 1 aliphatic heterocycles. The number of hydrogen-bond donors (Lipinski definition) is 2. The van der Waals surface area contributed by atoms with Crippen molar-refractivity contribution in [3.05, 3.63) is 59.2 Å². The Morgan fingerprint density at radius 2 is 1.84 bits per heavy atom. The maximum Gasteiger partial charge on any atom is 0.246 e. The number of fused-ring (bicyclic) bond motifs is 5. The highest BCUT2D eigenvalue weighted by molar-refractivity contribution is 6.05. The predicted octanol–water partition coefficient (Wildman–Crippen LogP) is 5.51. The molecule has 0 saturated heterocycles. The summed E-state index contributed by atoms with van der Waals surface area (Å²) in [5, 5.41) is 4.13. The van der Waals surface area contributed by atoms with Gasteiger partial charge < -0.3 is 15.2 Å². The number of aromatic nitrogens is 1. The maximum atomic E-state index is 12.7. The van der Waals surface area contributed by atoms with E-state index in [1.807, 2.05) is 38.1 Å². The molecule has 5 heteroatoms. The van der Waals surface area contributed by atoms with E-state index < -0.39 is 0 Å². The second kappa shape index (κ2) is 8.30. The van der Waals surface area contributed by atoms with Crippen LogP contribution in [0.1, 0.15) is 51.3 Å². The highest BCUT2D eigenvalue weighted by Crippen LogP contribution is 2.39. The number of benzene rings is 2. The standard InChI is InChI=1S/C27H31N3O2/c1-6-30(7-2)25(32)13-9-17-8-11-23-21(14-17)26-20(16-24(31)28-23)19-15-18(27(3,4)5)10-12-22(19)29-26/h8-15,29H,6-7,16H2,1-5H3,(H,28,31)/b13-9+. The monoisotopic (exact) mass is 429 g/mol. The van der Waals surface area contributed by atoms with Crippen molar-refractivity contribution in [1.29, 1.82) is 0 Å². The topological polar surface area (TPSA) is 65.2 Å². The number of carbonyl (C=O) groups is 2. The van der Waals surface area contributed by atoms with Gasteiger partial charge in [-0.2, -0.15) is 0 Å². The molecule has 1 aliphatic rings. The molecule has 0 bridgehead atoms. The third kappa shape index (κ3) is 4.07. The number of nitrogens with one attached hydrogen (secondary N) is 2. The molecule has 5 nitrogen and oxygen atoms in total. The lowest BCUT2D eigenvalue weighted by Gasteiger charge is -2.19. The van der Waals surface area contributed by atoms with E-state index in [0.717, 1.165) is 39.0 Å². The summed E-state index contributed by atoms with van der Waals surface area (Å²) in [7, 11) is 0. The van der Waals surface area contributed by atoms with Crippen molar-refractivity contribution >= 4 is 34.5 Å². The van der Waals surface area contributed by atoms with E-state index in [9.17, 15) is 9.59 Å². The van der Waals surface area contributed by atoms with Gasteiger partial charge in [-0.15, -0.1) is 0 Å². The van der Waals surface area contributed by atoms with Gasteiger partial charge in [0.05, 0.1) is 17.8 Å². The molecule has 0 aliphatic carbocycles. The van der Waals surface area contributed by atoms with E-state index >= 15 is 0 Å². The van der Waals surface area contributed by atoms with E-state index in [1.165, 1.54) is 5.56 Å². The lowest BCUT2D eigenvalue weighted by atomic mass is 9.86. The number of aromatic amines is 1. The molecule has 2 amide bonds. The molecule has 0 spiro atoms. The highest BCUT2D eigenvalue weighted by Gasteiger charge is 2.24.